The Bertz CT molecular complexity index is 476. The van der Waals surface area contributed by atoms with Crippen LogP contribution in [-0.2, 0) is 6.54 Å². The van der Waals surface area contributed by atoms with Crippen molar-refractivity contribution in [3.05, 3.63) is 29.5 Å². The van der Waals surface area contributed by atoms with Crippen molar-refractivity contribution in [3.63, 3.8) is 0 Å². The van der Waals surface area contributed by atoms with Gasteiger partial charge in [-0.05, 0) is 30.7 Å². The predicted molar refractivity (Wildman–Crippen MR) is 56.1 cm³/mol. The van der Waals surface area contributed by atoms with E-state index in [1.807, 2.05) is 25.1 Å². The van der Waals surface area contributed by atoms with Crippen molar-refractivity contribution in [1.29, 1.82) is 0 Å². The number of hydroxylamine groups is 1. The molecule has 0 aliphatic heterocycles. The van der Waals surface area contributed by atoms with Gasteiger partial charge in [0.25, 0.3) is 0 Å². The van der Waals surface area contributed by atoms with Crippen molar-refractivity contribution in [2.24, 2.45) is 0 Å². The average Bonchev–Trinajstić information content (AvgIpc) is 2.57. The number of benzene rings is 1. The minimum atomic E-state index is 0.385. The lowest BCUT2D eigenvalue weighted by molar-refractivity contribution is 0.161. The lowest BCUT2D eigenvalue weighted by Crippen LogP contribution is -2.05. The van der Waals surface area contributed by atoms with Gasteiger partial charge >= 0.3 is 0 Å². The lowest BCUT2D eigenvalue weighted by Gasteiger charge is -2.04. The second kappa shape index (κ2) is 3.92. The summed E-state index contributed by atoms with van der Waals surface area (Å²) in [6, 6.07) is 5.74. The second-order valence-corrected chi connectivity index (χ2v) is 3.41. The summed E-state index contributed by atoms with van der Waals surface area (Å²) in [5.74, 6) is 1.53. The van der Waals surface area contributed by atoms with Gasteiger partial charge in [0.1, 0.15) is 5.76 Å². The number of rotatable bonds is 3. The van der Waals surface area contributed by atoms with Crippen LogP contribution >= 0.6 is 0 Å². The summed E-state index contributed by atoms with van der Waals surface area (Å²) in [4.78, 5) is 0. The maximum absolute atomic E-state index is 8.65. The van der Waals surface area contributed by atoms with Gasteiger partial charge in [-0.15, -0.1) is 0 Å². The van der Waals surface area contributed by atoms with Gasteiger partial charge in [0.05, 0.1) is 7.11 Å². The molecule has 0 aliphatic rings. The highest BCUT2D eigenvalue weighted by Gasteiger charge is 2.08. The third-order valence-corrected chi connectivity index (χ3v) is 2.27. The van der Waals surface area contributed by atoms with Crippen LogP contribution in [0.2, 0.25) is 0 Å². The van der Waals surface area contributed by atoms with Gasteiger partial charge in [0, 0.05) is 11.9 Å². The number of ether oxygens (including phenoxy) is 1. The standard InChI is InChI=1S/C11H13NO3/c1-7-3-9-4-8(6-12-13)5-10(14-2)11(9)15-7/h3-5,12-13H,6H2,1-2H3. The van der Waals surface area contributed by atoms with Crippen LogP contribution in [0.5, 0.6) is 5.75 Å². The SMILES string of the molecule is COc1cc(CNO)cc2cc(C)oc12. The van der Waals surface area contributed by atoms with Crippen LogP contribution in [0, 0.1) is 6.92 Å². The lowest BCUT2D eigenvalue weighted by atomic mass is 10.1. The number of fused-ring (bicyclic) bond motifs is 1. The molecule has 0 amide bonds. The minimum Gasteiger partial charge on any atom is -0.493 e. The normalized spacial score (nSPS) is 10.9. The molecule has 0 aliphatic carbocycles. The highest BCUT2D eigenvalue weighted by molar-refractivity contribution is 5.84. The van der Waals surface area contributed by atoms with Crippen molar-refractivity contribution in [2.75, 3.05) is 7.11 Å². The van der Waals surface area contributed by atoms with Crippen molar-refractivity contribution >= 4 is 11.0 Å². The molecular formula is C11H13NO3. The average molecular weight is 207 g/mol. The zero-order chi connectivity index (χ0) is 10.8. The molecular weight excluding hydrogens is 194 g/mol. The van der Waals surface area contributed by atoms with Gasteiger partial charge in [0.2, 0.25) is 0 Å². The van der Waals surface area contributed by atoms with Gasteiger partial charge in [-0.25, -0.2) is 5.48 Å². The maximum atomic E-state index is 8.65. The third kappa shape index (κ3) is 1.82. The van der Waals surface area contributed by atoms with E-state index in [0.717, 1.165) is 22.3 Å². The molecule has 2 N–H and O–H groups in total. The van der Waals surface area contributed by atoms with Gasteiger partial charge in [0.15, 0.2) is 11.3 Å². The Balaban J connectivity index is 2.59. The van der Waals surface area contributed by atoms with Crippen LogP contribution < -0.4 is 10.2 Å². The van der Waals surface area contributed by atoms with Gasteiger partial charge in [-0.2, -0.15) is 0 Å². The van der Waals surface area contributed by atoms with E-state index in [-0.39, 0.29) is 0 Å². The number of hydrogen-bond donors (Lipinski definition) is 2. The summed E-state index contributed by atoms with van der Waals surface area (Å²) < 4.78 is 10.7. The summed E-state index contributed by atoms with van der Waals surface area (Å²) in [5, 5.41) is 9.63. The second-order valence-electron chi connectivity index (χ2n) is 3.41. The molecule has 80 valence electrons. The van der Waals surface area contributed by atoms with E-state index in [1.165, 1.54) is 0 Å². The van der Waals surface area contributed by atoms with Crippen molar-refractivity contribution in [1.82, 2.24) is 5.48 Å². The fraction of sp³-hybridized carbons (Fsp3) is 0.273. The Hall–Kier alpha value is -1.52. The predicted octanol–water partition coefficient (Wildman–Crippen LogP) is 2.23. The van der Waals surface area contributed by atoms with E-state index in [2.05, 4.69) is 5.48 Å². The van der Waals surface area contributed by atoms with E-state index < -0.39 is 0 Å². The summed E-state index contributed by atoms with van der Waals surface area (Å²) >= 11 is 0. The Morgan fingerprint density at radius 1 is 1.40 bits per heavy atom. The fourth-order valence-electron chi connectivity index (χ4n) is 1.65. The molecule has 15 heavy (non-hydrogen) atoms. The molecule has 0 spiro atoms. The Labute approximate surface area is 87.4 Å². The monoisotopic (exact) mass is 207 g/mol. The first-order chi connectivity index (χ1) is 7.24. The molecule has 1 heterocycles. The van der Waals surface area contributed by atoms with Crippen molar-refractivity contribution in [2.45, 2.75) is 13.5 Å². The molecule has 1 aromatic carbocycles. The summed E-state index contributed by atoms with van der Waals surface area (Å²) in [7, 11) is 1.60. The van der Waals surface area contributed by atoms with Gasteiger partial charge in [-0.1, -0.05) is 0 Å². The fourth-order valence-corrected chi connectivity index (χ4v) is 1.65. The minimum absolute atomic E-state index is 0.385. The largest absolute Gasteiger partial charge is 0.493 e. The number of hydrogen-bond acceptors (Lipinski definition) is 4. The number of aryl methyl sites for hydroxylation is 1. The van der Waals surface area contributed by atoms with Crippen LogP contribution in [0.4, 0.5) is 0 Å². The third-order valence-electron chi connectivity index (χ3n) is 2.27. The first-order valence-corrected chi connectivity index (χ1v) is 4.68. The summed E-state index contributed by atoms with van der Waals surface area (Å²) in [5.41, 5.74) is 3.81. The van der Waals surface area contributed by atoms with Crippen LogP contribution in [-0.4, -0.2) is 12.3 Å². The molecule has 1 aromatic heterocycles. The summed E-state index contributed by atoms with van der Waals surface area (Å²) in [6.45, 7) is 2.28. The molecule has 0 bridgehead atoms. The molecule has 0 saturated carbocycles. The zero-order valence-electron chi connectivity index (χ0n) is 8.70. The molecule has 0 saturated heterocycles. The molecule has 2 rings (SSSR count). The van der Waals surface area contributed by atoms with E-state index in [0.29, 0.717) is 12.3 Å². The molecule has 4 heteroatoms. The van der Waals surface area contributed by atoms with E-state index in [1.54, 1.807) is 7.11 Å². The van der Waals surface area contributed by atoms with Gasteiger partial charge in [-0.3, -0.25) is 0 Å². The molecule has 2 aromatic rings. The Kier molecular flexibility index (Phi) is 2.62. The first-order valence-electron chi connectivity index (χ1n) is 4.68. The highest BCUT2D eigenvalue weighted by Crippen LogP contribution is 2.30. The van der Waals surface area contributed by atoms with E-state index in [4.69, 9.17) is 14.4 Å². The highest BCUT2D eigenvalue weighted by atomic mass is 16.5. The quantitative estimate of drug-likeness (QED) is 0.758. The Morgan fingerprint density at radius 3 is 2.87 bits per heavy atom. The summed E-state index contributed by atoms with van der Waals surface area (Å²) in [6.07, 6.45) is 0. The smallest absolute Gasteiger partial charge is 0.176 e. The zero-order valence-corrected chi connectivity index (χ0v) is 8.70. The van der Waals surface area contributed by atoms with Gasteiger partial charge < -0.3 is 14.4 Å². The van der Waals surface area contributed by atoms with Crippen molar-refractivity contribution in [3.8, 4) is 5.75 Å². The molecule has 4 nitrogen and oxygen atoms in total. The topological polar surface area (TPSA) is 54.6 Å². The van der Waals surface area contributed by atoms with Crippen LogP contribution in [0.15, 0.2) is 22.6 Å². The molecule has 0 fully saturated rings. The van der Waals surface area contributed by atoms with Crippen molar-refractivity contribution < 1.29 is 14.4 Å². The number of furan rings is 1. The molecule has 0 unspecified atom stereocenters. The van der Waals surface area contributed by atoms with Crippen LogP contribution in [0.3, 0.4) is 0 Å². The van der Waals surface area contributed by atoms with Crippen LogP contribution in [0.1, 0.15) is 11.3 Å². The number of methoxy groups -OCH3 is 1. The van der Waals surface area contributed by atoms with E-state index in [9.17, 15) is 0 Å². The van der Waals surface area contributed by atoms with E-state index >= 15 is 0 Å². The first kappa shape index (κ1) is 10.0. The molecule has 0 atom stereocenters. The number of nitrogens with one attached hydrogen (secondary N) is 1. The molecule has 0 radical (unpaired) electrons. The van der Waals surface area contributed by atoms with Crippen LogP contribution in [0.25, 0.3) is 11.0 Å². The Morgan fingerprint density at radius 2 is 2.20 bits per heavy atom. The maximum Gasteiger partial charge on any atom is 0.176 e.